The van der Waals surface area contributed by atoms with Gasteiger partial charge in [0.1, 0.15) is 5.82 Å². The number of amides is 1. The van der Waals surface area contributed by atoms with Crippen LogP contribution in [0.25, 0.3) is 17.0 Å². The van der Waals surface area contributed by atoms with E-state index in [0.717, 1.165) is 55.0 Å². The minimum absolute atomic E-state index is 0.371. The molecule has 0 unspecified atom stereocenters. The van der Waals surface area contributed by atoms with Crippen LogP contribution in [0.1, 0.15) is 11.1 Å². The number of rotatable bonds is 4. The van der Waals surface area contributed by atoms with Gasteiger partial charge in [-0.1, -0.05) is 12.1 Å². The average molecular weight is 426 g/mol. The molecule has 1 saturated heterocycles. The number of pyridine rings is 1. The minimum Gasteiger partial charge on any atom is -0.354 e. The van der Waals surface area contributed by atoms with Crippen LogP contribution >= 0.6 is 0 Å². The molecule has 4 rings (SSSR count). The van der Waals surface area contributed by atoms with Crippen LogP contribution < -0.4 is 15.5 Å². The van der Waals surface area contributed by atoms with Crippen molar-refractivity contribution in [1.29, 1.82) is 0 Å². The Bertz CT molecular complexity index is 1100. The molecular formula is C23H21F3N4O. The lowest BCUT2D eigenvalue weighted by Gasteiger charge is -2.28. The van der Waals surface area contributed by atoms with Gasteiger partial charge in [0.05, 0.1) is 11.1 Å². The van der Waals surface area contributed by atoms with Crippen molar-refractivity contribution < 1.29 is 18.0 Å². The molecule has 5 nitrogen and oxygen atoms in total. The maximum Gasteiger partial charge on any atom is 0.416 e. The van der Waals surface area contributed by atoms with Gasteiger partial charge in [0.2, 0.25) is 5.91 Å². The maximum absolute atomic E-state index is 12.6. The fraction of sp³-hybridized carbons (Fsp3) is 0.217. The minimum atomic E-state index is -4.38. The quantitative estimate of drug-likeness (QED) is 0.611. The average Bonchev–Trinajstić information content (AvgIpc) is 2.77. The largest absolute Gasteiger partial charge is 0.416 e. The van der Waals surface area contributed by atoms with Crippen molar-refractivity contribution in [3.63, 3.8) is 0 Å². The van der Waals surface area contributed by atoms with Crippen LogP contribution in [-0.2, 0) is 11.0 Å². The molecule has 0 atom stereocenters. The van der Waals surface area contributed by atoms with Crippen LogP contribution in [0.4, 0.5) is 24.7 Å². The number of alkyl halides is 3. The van der Waals surface area contributed by atoms with E-state index in [-0.39, 0.29) is 5.91 Å². The van der Waals surface area contributed by atoms with Crippen molar-refractivity contribution in [2.24, 2.45) is 0 Å². The third kappa shape index (κ3) is 5.21. The zero-order valence-electron chi connectivity index (χ0n) is 16.6. The van der Waals surface area contributed by atoms with Gasteiger partial charge in [-0.3, -0.25) is 4.79 Å². The normalized spacial score (nSPS) is 14.9. The van der Waals surface area contributed by atoms with Gasteiger partial charge < -0.3 is 15.5 Å². The molecule has 0 radical (unpaired) electrons. The molecule has 2 heterocycles. The Balaban J connectivity index is 1.41. The third-order valence-electron chi connectivity index (χ3n) is 5.05. The fourth-order valence-corrected chi connectivity index (χ4v) is 3.40. The number of hydrogen-bond donors (Lipinski definition) is 2. The molecule has 2 aromatic carbocycles. The molecule has 1 fully saturated rings. The number of fused-ring (bicyclic) bond motifs is 1. The van der Waals surface area contributed by atoms with Crippen LogP contribution in [0, 0.1) is 0 Å². The van der Waals surface area contributed by atoms with Crippen molar-refractivity contribution in [2.45, 2.75) is 6.18 Å². The molecule has 3 aromatic rings. The summed E-state index contributed by atoms with van der Waals surface area (Å²) in [5, 5.41) is 6.99. The fourth-order valence-electron chi connectivity index (χ4n) is 3.40. The molecule has 1 amide bonds. The van der Waals surface area contributed by atoms with Gasteiger partial charge in [-0.05, 0) is 54.1 Å². The highest BCUT2D eigenvalue weighted by molar-refractivity contribution is 6.03. The van der Waals surface area contributed by atoms with E-state index in [1.807, 2.05) is 24.3 Å². The molecule has 1 aliphatic rings. The molecule has 1 aliphatic heterocycles. The monoisotopic (exact) mass is 426 g/mol. The molecule has 0 bridgehead atoms. The van der Waals surface area contributed by atoms with E-state index in [1.54, 1.807) is 6.07 Å². The lowest BCUT2D eigenvalue weighted by atomic mass is 10.1. The van der Waals surface area contributed by atoms with Crippen molar-refractivity contribution >= 4 is 34.4 Å². The Hall–Kier alpha value is -3.39. The molecule has 8 heteroatoms. The first-order valence-electron chi connectivity index (χ1n) is 9.91. The predicted octanol–water partition coefficient (Wildman–Crippen LogP) is 4.32. The Morgan fingerprint density at radius 3 is 2.48 bits per heavy atom. The van der Waals surface area contributed by atoms with Crippen molar-refractivity contribution in [2.75, 3.05) is 36.4 Å². The smallest absolute Gasteiger partial charge is 0.354 e. The zero-order chi connectivity index (χ0) is 21.8. The molecule has 31 heavy (non-hydrogen) atoms. The van der Waals surface area contributed by atoms with E-state index in [2.05, 4.69) is 15.5 Å². The van der Waals surface area contributed by atoms with Crippen LogP contribution in [0.2, 0.25) is 0 Å². The molecule has 160 valence electrons. The second-order valence-corrected chi connectivity index (χ2v) is 7.26. The summed E-state index contributed by atoms with van der Waals surface area (Å²) in [4.78, 5) is 19.1. The number of nitrogens with zero attached hydrogens (tertiary/aromatic N) is 2. The summed E-state index contributed by atoms with van der Waals surface area (Å²) in [5.74, 6) is 0.565. The second kappa shape index (κ2) is 8.77. The molecule has 2 N–H and O–H groups in total. The van der Waals surface area contributed by atoms with Gasteiger partial charge in [0, 0.05) is 43.3 Å². The zero-order valence-corrected chi connectivity index (χ0v) is 16.6. The SMILES string of the molecule is O=C(/C=C/c1ccc(C(F)(F)F)cc1)Nc1ccc2nc(N3CCNCC3)ccc2c1. The standard InChI is InChI=1S/C23H21F3N4O/c24-23(25,26)18-5-1-16(2-6-18)3-10-22(31)28-19-7-8-20-17(15-19)4-9-21(29-20)30-13-11-27-12-14-30/h1-10,15,27H,11-14H2,(H,28,31)/b10-3+. The van der Waals surface area contributed by atoms with E-state index in [4.69, 9.17) is 4.98 Å². The summed E-state index contributed by atoms with van der Waals surface area (Å²) in [6, 6.07) is 14.1. The highest BCUT2D eigenvalue weighted by Gasteiger charge is 2.29. The lowest BCUT2D eigenvalue weighted by molar-refractivity contribution is -0.137. The Kier molecular flexibility index (Phi) is 5.90. The Morgan fingerprint density at radius 2 is 1.77 bits per heavy atom. The number of aromatic nitrogens is 1. The second-order valence-electron chi connectivity index (χ2n) is 7.26. The molecule has 1 aromatic heterocycles. The number of piperazine rings is 1. The number of carbonyl (C=O) groups excluding carboxylic acids is 1. The highest BCUT2D eigenvalue weighted by Crippen LogP contribution is 2.29. The summed E-state index contributed by atoms with van der Waals surface area (Å²) < 4.78 is 37.8. The number of benzene rings is 2. The van der Waals surface area contributed by atoms with Gasteiger partial charge in [-0.25, -0.2) is 4.98 Å². The molecule has 0 saturated carbocycles. The van der Waals surface area contributed by atoms with Gasteiger partial charge in [-0.15, -0.1) is 0 Å². The van der Waals surface area contributed by atoms with Crippen molar-refractivity contribution in [1.82, 2.24) is 10.3 Å². The van der Waals surface area contributed by atoms with E-state index < -0.39 is 11.7 Å². The van der Waals surface area contributed by atoms with Crippen LogP contribution in [0.5, 0.6) is 0 Å². The first-order chi connectivity index (χ1) is 14.9. The third-order valence-corrected chi connectivity index (χ3v) is 5.05. The first-order valence-corrected chi connectivity index (χ1v) is 9.91. The summed E-state index contributed by atoms with van der Waals surface area (Å²) in [7, 11) is 0. The van der Waals surface area contributed by atoms with E-state index in [0.29, 0.717) is 11.3 Å². The predicted molar refractivity (Wildman–Crippen MR) is 116 cm³/mol. The number of carbonyl (C=O) groups is 1. The topological polar surface area (TPSA) is 57.3 Å². The van der Waals surface area contributed by atoms with Crippen molar-refractivity contribution in [3.05, 3.63) is 71.8 Å². The summed E-state index contributed by atoms with van der Waals surface area (Å²) in [6.07, 6.45) is -1.62. The number of hydrogen-bond acceptors (Lipinski definition) is 4. The lowest BCUT2D eigenvalue weighted by Crippen LogP contribution is -2.43. The molecule has 0 spiro atoms. The molecular weight excluding hydrogens is 405 g/mol. The number of anilines is 2. The Labute approximate surface area is 177 Å². The first kappa shape index (κ1) is 20.9. The van der Waals surface area contributed by atoms with Crippen LogP contribution in [0.3, 0.4) is 0 Å². The molecule has 0 aliphatic carbocycles. The van der Waals surface area contributed by atoms with Crippen LogP contribution in [-0.4, -0.2) is 37.1 Å². The number of halogens is 3. The van der Waals surface area contributed by atoms with E-state index in [9.17, 15) is 18.0 Å². The van der Waals surface area contributed by atoms with Crippen LogP contribution in [0.15, 0.2) is 60.7 Å². The van der Waals surface area contributed by atoms with E-state index in [1.165, 1.54) is 24.3 Å². The van der Waals surface area contributed by atoms with E-state index >= 15 is 0 Å². The van der Waals surface area contributed by atoms with Gasteiger partial charge in [0.25, 0.3) is 0 Å². The Morgan fingerprint density at radius 1 is 1.03 bits per heavy atom. The van der Waals surface area contributed by atoms with Gasteiger partial charge in [0.15, 0.2) is 0 Å². The van der Waals surface area contributed by atoms with Gasteiger partial charge >= 0.3 is 6.18 Å². The van der Waals surface area contributed by atoms with Crippen molar-refractivity contribution in [3.8, 4) is 0 Å². The van der Waals surface area contributed by atoms with Gasteiger partial charge in [-0.2, -0.15) is 13.2 Å². The maximum atomic E-state index is 12.6. The highest BCUT2D eigenvalue weighted by atomic mass is 19.4. The summed E-state index contributed by atoms with van der Waals surface area (Å²) in [6.45, 7) is 3.70. The summed E-state index contributed by atoms with van der Waals surface area (Å²) in [5.41, 5.74) is 1.24. The number of nitrogens with one attached hydrogen (secondary N) is 2. The summed E-state index contributed by atoms with van der Waals surface area (Å²) >= 11 is 0.